The molecule has 0 bridgehead atoms. The highest BCUT2D eigenvalue weighted by Crippen LogP contribution is 2.36. The predicted octanol–water partition coefficient (Wildman–Crippen LogP) is 6.63. The van der Waals surface area contributed by atoms with Crippen LogP contribution < -0.4 is 4.74 Å². The molecule has 1 atom stereocenters. The molecule has 1 saturated heterocycles. The average Bonchev–Trinajstić information content (AvgIpc) is 3.26. The van der Waals surface area contributed by atoms with Crippen LogP contribution in [0.5, 0.6) is 5.75 Å². The molecule has 1 fully saturated rings. The lowest BCUT2D eigenvalue weighted by Gasteiger charge is -2.20. The fourth-order valence-corrected chi connectivity index (χ4v) is 4.13. The zero-order valence-corrected chi connectivity index (χ0v) is 18.5. The first-order chi connectivity index (χ1) is 14.2. The molecule has 2 heterocycles. The summed E-state index contributed by atoms with van der Waals surface area (Å²) < 4.78 is 12.0. The fraction of sp³-hybridized carbons (Fsp3) is 0.500. The van der Waals surface area contributed by atoms with Crippen molar-refractivity contribution in [1.29, 1.82) is 0 Å². The minimum absolute atomic E-state index is 0.126. The molecule has 0 amide bonds. The summed E-state index contributed by atoms with van der Waals surface area (Å²) in [5, 5.41) is 0. The Kier molecular flexibility index (Phi) is 7.88. The van der Waals surface area contributed by atoms with E-state index in [1.807, 2.05) is 6.20 Å². The van der Waals surface area contributed by atoms with E-state index >= 15 is 0 Å². The SMILES string of the molecule is CC/C=C(/CCC)c1cnc(-c2c(CC)cccc2CC)cc1O[C@@H]1CCOC1. The first-order valence-corrected chi connectivity index (χ1v) is 11.3. The molecule has 1 aromatic carbocycles. The van der Waals surface area contributed by atoms with Gasteiger partial charge in [-0.05, 0) is 42.4 Å². The van der Waals surface area contributed by atoms with Crippen LogP contribution in [-0.2, 0) is 17.6 Å². The van der Waals surface area contributed by atoms with E-state index in [-0.39, 0.29) is 6.10 Å². The molecule has 29 heavy (non-hydrogen) atoms. The van der Waals surface area contributed by atoms with Gasteiger partial charge in [0.25, 0.3) is 0 Å². The molecule has 3 rings (SSSR count). The highest BCUT2D eigenvalue weighted by molar-refractivity contribution is 5.75. The molecule has 2 aromatic rings. The second kappa shape index (κ2) is 10.6. The van der Waals surface area contributed by atoms with Crippen LogP contribution in [0.2, 0.25) is 0 Å². The molecule has 0 aliphatic carbocycles. The second-order valence-corrected chi connectivity index (χ2v) is 7.72. The Morgan fingerprint density at radius 2 is 1.93 bits per heavy atom. The molecule has 1 aliphatic heterocycles. The van der Waals surface area contributed by atoms with Crippen molar-refractivity contribution >= 4 is 5.57 Å². The van der Waals surface area contributed by atoms with E-state index in [4.69, 9.17) is 14.5 Å². The number of pyridine rings is 1. The predicted molar refractivity (Wildman–Crippen MR) is 121 cm³/mol. The Hall–Kier alpha value is -2.13. The van der Waals surface area contributed by atoms with Crippen LogP contribution in [0, 0.1) is 0 Å². The zero-order chi connectivity index (χ0) is 20.6. The zero-order valence-electron chi connectivity index (χ0n) is 18.5. The van der Waals surface area contributed by atoms with Gasteiger partial charge < -0.3 is 9.47 Å². The van der Waals surface area contributed by atoms with Gasteiger partial charge in [-0.1, -0.05) is 58.4 Å². The van der Waals surface area contributed by atoms with Crippen molar-refractivity contribution in [3.63, 3.8) is 0 Å². The number of aromatic nitrogens is 1. The van der Waals surface area contributed by atoms with Gasteiger partial charge in [0.05, 0.1) is 18.9 Å². The van der Waals surface area contributed by atoms with Gasteiger partial charge in [-0.3, -0.25) is 4.98 Å². The van der Waals surface area contributed by atoms with Gasteiger partial charge in [-0.25, -0.2) is 0 Å². The first kappa shape index (κ1) is 21.6. The fourth-order valence-electron chi connectivity index (χ4n) is 4.13. The van der Waals surface area contributed by atoms with Crippen LogP contribution in [0.1, 0.15) is 70.1 Å². The number of ether oxygens (including phenoxy) is 2. The quantitative estimate of drug-likeness (QED) is 0.479. The van der Waals surface area contributed by atoms with E-state index in [9.17, 15) is 0 Å². The number of nitrogens with zero attached hydrogens (tertiary/aromatic N) is 1. The molecular formula is C26H35NO2. The van der Waals surface area contributed by atoms with E-state index in [0.29, 0.717) is 6.61 Å². The van der Waals surface area contributed by atoms with Crippen molar-refractivity contribution in [2.75, 3.05) is 13.2 Å². The third kappa shape index (κ3) is 5.08. The van der Waals surface area contributed by atoms with Crippen molar-refractivity contribution in [3.8, 4) is 17.0 Å². The number of aryl methyl sites for hydroxylation is 2. The van der Waals surface area contributed by atoms with E-state index in [1.54, 1.807) is 0 Å². The lowest BCUT2D eigenvalue weighted by molar-refractivity contribution is 0.141. The molecular weight excluding hydrogens is 358 g/mol. The molecule has 156 valence electrons. The number of hydrogen-bond donors (Lipinski definition) is 0. The standard InChI is InChI=1S/C26H35NO2/c1-5-10-21(11-6-2)23-17-27-24(16-25(23)29-22-14-15-28-18-22)26-19(7-3)12-9-13-20(26)8-4/h9-10,12-13,16-17,22H,5-8,11,14-15,18H2,1-4H3/b21-10-/t22-/m1/s1. The van der Waals surface area contributed by atoms with Gasteiger partial charge in [0.15, 0.2) is 0 Å². The number of rotatable bonds is 9. The molecule has 0 radical (unpaired) electrons. The smallest absolute Gasteiger partial charge is 0.131 e. The van der Waals surface area contributed by atoms with Crippen LogP contribution in [0.25, 0.3) is 16.8 Å². The van der Waals surface area contributed by atoms with E-state index in [0.717, 1.165) is 62.1 Å². The average molecular weight is 394 g/mol. The van der Waals surface area contributed by atoms with E-state index in [2.05, 4.69) is 58.0 Å². The molecule has 0 saturated carbocycles. The Bertz CT molecular complexity index is 812. The first-order valence-electron chi connectivity index (χ1n) is 11.3. The minimum atomic E-state index is 0.126. The van der Waals surface area contributed by atoms with Gasteiger partial charge in [0.1, 0.15) is 11.9 Å². The van der Waals surface area contributed by atoms with Crippen LogP contribution >= 0.6 is 0 Å². The monoisotopic (exact) mass is 393 g/mol. The summed E-state index contributed by atoms with van der Waals surface area (Å²) in [6.07, 6.45) is 10.6. The van der Waals surface area contributed by atoms with Crippen LogP contribution in [-0.4, -0.2) is 24.3 Å². The summed E-state index contributed by atoms with van der Waals surface area (Å²) >= 11 is 0. The van der Waals surface area contributed by atoms with Crippen molar-refractivity contribution in [2.45, 2.75) is 72.3 Å². The lowest BCUT2D eigenvalue weighted by Crippen LogP contribution is -2.17. The molecule has 3 heteroatoms. The number of hydrogen-bond acceptors (Lipinski definition) is 3. The van der Waals surface area contributed by atoms with Crippen molar-refractivity contribution < 1.29 is 9.47 Å². The van der Waals surface area contributed by atoms with Crippen molar-refractivity contribution in [2.24, 2.45) is 0 Å². The summed E-state index contributed by atoms with van der Waals surface area (Å²) in [4.78, 5) is 4.93. The highest BCUT2D eigenvalue weighted by atomic mass is 16.5. The van der Waals surface area contributed by atoms with E-state index < -0.39 is 0 Å². The molecule has 0 N–H and O–H groups in total. The Morgan fingerprint density at radius 3 is 2.52 bits per heavy atom. The van der Waals surface area contributed by atoms with Gasteiger partial charge in [0, 0.05) is 29.8 Å². The molecule has 0 spiro atoms. The summed E-state index contributed by atoms with van der Waals surface area (Å²) in [7, 11) is 0. The molecule has 0 unspecified atom stereocenters. The Labute approximate surface area is 176 Å². The largest absolute Gasteiger partial charge is 0.487 e. The molecule has 1 aromatic heterocycles. The maximum atomic E-state index is 6.48. The van der Waals surface area contributed by atoms with E-state index in [1.165, 1.54) is 22.3 Å². The summed E-state index contributed by atoms with van der Waals surface area (Å²) in [6, 6.07) is 8.76. The van der Waals surface area contributed by atoms with Gasteiger partial charge in [0.2, 0.25) is 0 Å². The number of allylic oxidation sites excluding steroid dienone is 2. The normalized spacial score (nSPS) is 17.0. The third-order valence-corrected chi connectivity index (χ3v) is 5.62. The molecule has 1 aliphatic rings. The van der Waals surface area contributed by atoms with Gasteiger partial charge in [-0.2, -0.15) is 0 Å². The van der Waals surface area contributed by atoms with Crippen molar-refractivity contribution in [1.82, 2.24) is 4.98 Å². The Morgan fingerprint density at radius 1 is 1.17 bits per heavy atom. The van der Waals surface area contributed by atoms with Gasteiger partial charge >= 0.3 is 0 Å². The summed E-state index contributed by atoms with van der Waals surface area (Å²) in [5.41, 5.74) is 7.45. The number of benzene rings is 1. The van der Waals surface area contributed by atoms with Gasteiger partial charge in [-0.15, -0.1) is 0 Å². The van der Waals surface area contributed by atoms with Crippen LogP contribution in [0.15, 0.2) is 36.5 Å². The van der Waals surface area contributed by atoms with Crippen molar-refractivity contribution in [3.05, 3.63) is 53.2 Å². The lowest BCUT2D eigenvalue weighted by atomic mass is 9.93. The second-order valence-electron chi connectivity index (χ2n) is 7.72. The summed E-state index contributed by atoms with van der Waals surface area (Å²) in [5.74, 6) is 0.951. The molecule has 3 nitrogen and oxygen atoms in total. The maximum Gasteiger partial charge on any atom is 0.131 e. The topological polar surface area (TPSA) is 31.4 Å². The van der Waals surface area contributed by atoms with Crippen LogP contribution in [0.4, 0.5) is 0 Å². The third-order valence-electron chi connectivity index (χ3n) is 5.62. The maximum absolute atomic E-state index is 6.48. The Balaban J connectivity index is 2.10. The summed E-state index contributed by atoms with van der Waals surface area (Å²) in [6.45, 7) is 10.3. The van der Waals surface area contributed by atoms with Crippen LogP contribution in [0.3, 0.4) is 0 Å². The minimum Gasteiger partial charge on any atom is -0.487 e. The highest BCUT2D eigenvalue weighted by Gasteiger charge is 2.21.